The van der Waals surface area contributed by atoms with Crippen LogP contribution in [-0.2, 0) is 4.74 Å². The summed E-state index contributed by atoms with van der Waals surface area (Å²) in [5.74, 6) is 0. The monoisotopic (exact) mass is 298 g/mol. The number of aliphatic hydroxyl groups excluding tert-OH is 1. The van der Waals surface area contributed by atoms with E-state index in [9.17, 15) is 5.11 Å². The highest BCUT2D eigenvalue weighted by atomic mass is 16.5. The van der Waals surface area contributed by atoms with Crippen molar-refractivity contribution in [2.45, 2.75) is 77.2 Å². The molecular formula is C17H34N2O2. The molecular weight excluding hydrogens is 264 g/mol. The zero-order chi connectivity index (χ0) is 15.2. The third-order valence-corrected chi connectivity index (χ3v) is 4.95. The Hall–Kier alpha value is -0.160. The van der Waals surface area contributed by atoms with Gasteiger partial charge in [0.1, 0.15) is 0 Å². The third kappa shape index (κ3) is 5.51. The van der Waals surface area contributed by atoms with Crippen LogP contribution in [0.25, 0.3) is 0 Å². The molecule has 2 aliphatic heterocycles. The van der Waals surface area contributed by atoms with E-state index in [4.69, 9.17) is 4.74 Å². The molecule has 0 aromatic heterocycles. The number of morpholine rings is 1. The van der Waals surface area contributed by atoms with Gasteiger partial charge in [-0.2, -0.15) is 0 Å². The molecule has 1 N–H and O–H groups in total. The Morgan fingerprint density at radius 3 is 2.67 bits per heavy atom. The topological polar surface area (TPSA) is 35.9 Å². The summed E-state index contributed by atoms with van der Waals surface area (Å²) in [6.07, 6.45) is 6.18. The lowest BCUT2D eigenvalue weighted by atomic mass is 10.0. The summed E-state index contributed by atoms with van der Waals surface area (Å²) in [4.78, 5) is 5.11. The summed E-state index contributed by atoms with van der Waals surface area (Å²) in [5.41, 5.74) is 0. The second kappa shape index (κ2) is 8.47. The predicted molar refractivity (Wildman–Crippen MR) is 86.6 cm³/mol. The first kappa shape index (κ1) is 17.2. The minimum atomic E-state index is -0.199. The second-order valence-electron chi connectivity index (χ2n) is 7.16. The van der Waals surface area contributed by atoms with Crippen LogP contribution < -0.4 is 0 Å². The Morgan fingerprint density at radius 2 is 1.95 bits per heavy atom. The van der Waals surface area contributed by atoms with Crippen LogP contribution in [0, 0.1) is 0 Å². The van der Waals surface area contributed by atoms with Crippen LogP contribution in [0.3, 0.4) is 0 Å². The summed E-state index contributed by atoms with van der Waals surface area (Å²) < 4.78 is 6.01. The number of rotatable bonds is 5. The van der Waals surface area contributed by atoms with Gasteiger partial charge in [-0.1, -0.05) is 12.8 Å². The number of ether oxygens (including phenoxy) is 1. The fourth-order valence-corrected chi connectivity index (χ4v) is 3.72. The van der Waals surface area contributed by atoms with Crippen LogP contribution in [0.1, 0.15) is 52.9 Å². The van der Waals surface area contributed by atoms with Crippen molar-refractivity contribution in [3.05, 3.63) is 0 Å². The molecule has 2 aliphatic rings. The standard InChI is InChI=1S/C17H34N2O2/c1-14(2)18-9-10-21-17(12-18)13-19-8-6-4-5-7-16(19)11-15(3)20/h14-17,20H,4-13H2,1-3H3. The van der Waals surface area contributed by atoms with Crippen molar-refractivity contribution in [3.8, 4) is 0 Å². The lowest BCUT2D eigenvalue weighted by molar-refractivity contribution is -0.0585. The average molecular weight is 298 g/mol. The van der Waals surface area contributed by atoms with E-state index in [0.717, 1.165) is 32.7 Å². The normalized spacial score (nSPS) is 31.3. The van der Waals surface area contributed by atoms with Gasteiger partial charge in [0.05, 0.1) is 18.8 Å². The van der Waals surface area contributed by atoms with Crippen LogP contribution >= 0.6 is 0 Å². The largest absolute Gasteiger partial charge is 0.393 e. The predicted octanol–water partition coefficient (Wildman–Crippen LogP) is 2.11. The molecule has 0 bridgehead atoms. The molecule has 0 spiro atoms. The molecule has 0 amide bonds. The molecule has 2 saturated heterocycles. The molecule has 0 radical (unpaired) electrons. The van der Waals surface area contributed by atoms with Crippen LogP contribution in [-0.4, -0.2) is 72.0 Å². The number of aliphatic hydroxyl groups is 1. The van der Waals surface area contributed by atoms with Crippen molar-refractivity contribution in [3.63, 3.8) is 0 Å². The smallest absolute Gasteiger partial charge is 0.0829 e. The molecule has 4 nitrogen and oxygen atoms in total. The number of nitrogens with zero attached hydrogens (tertiary/aromatic N) is 2. The molecule has 2 rings (SSSR count). The Bertz CT molecular complexity index is 297. The quantitative estimate of drug-likeness (QED) is 0.843. The van der Waals surface area contributed by atoms with Crippen LogP contribution in [0.2, 0.25) is 0 Å². The van der Waals surface area contributed by atoms with Gasteiger partial charge in [-0.25, -0.2) is 0 Å². The SMILES string of the molecule is CC(O)CC1CCCCCN1CC1CN(C(C)C)CCO1. The molecule has 2 fully saturated rings. The van der Waals surface area contributed by atoms with Gasteiger partial charge in [0.15, 0.2) is 0 Å². The maximum absolute atomic E-state index is 9.77. The van der Waals surface area contributed by atoms with Gasteiger partial charge in [0.25, 0.3) is 0 Å². The summed E-state index contributed by atoms with van der Waals surface area (Å²) in [7, 11) is 0. The Labute approximate surface area is 130 Å². The van der Waals surface area contributed by atoms with E-state index in [1.54, 1.807) is 0 Å². The lowest BCUT2D eigenvalue weighted by Crippen LogP contribution is -2.51. The summed E-state index contributed by atoms with van der Waals surface area (Å²) in [5, 5.41) is 9.77. The minimum Gasteiger partial charge on any atom is -0.393 e. The van der Waals surface area contributed by atoms with E-state index in [1.165, 1.54) is 32.2 Å². The molecule has 3 unspecified atom stereocenters. The van der Waals surface area contributed by atoms with Crippen molar-refractivity contribution in [2.24, 2.45) is 0 Å². The molecule has 4 heteroatoms. The molecule has 21 heavy (non-hydrogen) atoms. The van der Waals surface area contributed by atoms with E-state index in [-0.39, 0.29) is 6.10 Å². The fourth-order valence-electron chi connectivity index (χ4n) is 3.72. The molecule has 0 aromatic carbocycles. The maximum Gasteiger partial charge on any atom is 0.0829 e. The van der Waals surface area contributed by atoms with Crippen LogP contribution in [0.15, 0.2) is 0 Å². The lowest BCUT2D eigenvalue weighted by Gasteiger charge is -2.39. The van der Waals surface area contributed by atoms with Gasteiger partial charge in [0.2, 0.25) is 0 Å². The first-order valence-electron chi connectivity index (χ1n) is 8.84. The molecule has 124 valence electrons. The van der Waals surface area contributed by atoms with Gasteiger partial charge < -0.3 is 9.84 Å². The van der Waals surface area contributed by atoms with E-state index in [1.807, 2.05) is 6.92 Å². The van der Waals surface area contributed by atoms with Gasteiger partial charge >= 0.3 is 0 Å². The highest BCUT2D eigenvalue weighted by molar-refractivity contribution is 4.82. The van der Waals surface area contributed by atoms with Crippen molar-refractivity contribution in [1.29, 1.82) is 0 Å². The van der Waals surface area contributed by atoms with Crippen LogP contribution in [0.5, 0.6) is 0 Å². The molecule has 0 aromatic rings. The zero-order valence-electron chi connectivity index (χ0n) is 14.1. The number of hydrogen-bond acceptors (Lipinski definition) is 4. The Balaban J connectivity index is 1.90. The molecule has 3 atom stereocenters. The van der Waals surface area contributed by atoms with Crippen molar-refractivity contribution in [1.82, 2.24) is 9.80 Å². The molecule has 0 saturated carbocycles. The van der Waals surface area contributed by atoms with E-state index < -0.39 is 0 Å². The highest BCUT2D eigenvalue weighted by Gasteiger charge is 2.28. The van der Waals surface area contributed by atoms with Gasteiger partial charge in [-0.15, -0.1) is 0 Å². The Morgan fingerprint density at radius 1 is 1.14 bits per heavy atom. The first-order valence-corrected chi connectivity index (χ1v) is 8.84. The van der Waals surface area contributed by atoms with Crippen molar-refractivity contribution in [2.75, 3.05) is 32.8 Å². The number of likely N-dealkylation sites (tertiary alicyclic amines) is 1. The Kier molecular flexibility index (Phi) is 6.93. The van der Waals surface area contributed by atoms with Gasteiger partial charge in [0, 0.05) is 31.7 Å². The zero-order valence-corrected chi connectivity index (χ0v) is 14.1. The van der Waals surface area contributed by atoms with Crippen LogP contribution in [0.4, 0.5) is 0 Å². The summed E-state index contributed by atoms with van der Waals surface area (Å²) >= 11 is 0. The van der Waals surface area contributed by atoms with Crippen molar-refractivity contribution < 1.29 is 9.84 Å². The minimum absolute atomic E-state index is 0.199. The number of hydrogen-bond donors (Lipinski definition) is 1. The summed E-state index contributed by atoms with van der Waals surface area (Å²) in [6.45, 7) is 11.6. The van der Waals surface area contributed by atoms with E-state index in [0.29, 0.717) is 18.2 Å². The molecule has 0 aliphatic carbocycles. The molecule has 2 heterocycles. The summed E-state index contributed by atoms with van der Waals surface area (Å²) in [6, 6.07) is 1.14. The third-order valence-electron chi connectivity index (χ3n) is 4.95. The van der Waals surface area contributed by atoms with Crippen molar-refractivity contribution >= 4 is 0 Å². The average Bonchev–Trinajstić information content (AvgIpc) is 2.64. The first-order chi connectivity index (χ1) is 10.1. The fraction of sp³-hybridized carbons (Fsp3) is 1.00. The van der Waals surface area contributed by atoms with Gasteiger partial charge in [-0.05, 0) is 46.6 Å². The van der Waals surface area contributed by atoms with E-state index in [2.05, 4.69) is 23.6 Å². The maximum atomic E-state index is 9.77. The highest BCUT2D eigenvalue weighted by Crippen LogP contribution is 2.22. The van der Waals surface area contributed by atoms with Gasteiger partial charge in [-0.3, -0.25) is 9.80 Å². The second-order valence-corrected chi connectivity index (χ2v) is 7.16. The van der Waals surface area contributed by atoms with E-state index >= 15 is 0 Å².